The maximum atomic E-state index is 9.45. The molecule has 9 heavy (non-hydrogen) atoms. The standard InChI is InChI=1S/C3H6O3.2Ca.H2O.4H/c1-2(4)3(5)6;;;;;;;/h2,4H,1H3,(H,5,6);;;1H2;;;;/q;2*+2;;4*-1. The third-order valence-corrected chi connectivity index (χ3v) is 0.357. The van der Waals surface area contributed by atoms with Crippen LogP contribution in [0.2, 0.25) is 0 Å². The SMILES string of the molecule is CC(O)C(=O)O.O.[Ca+2].[Ca+2].[H-].[H-].[H-].[H-]. The third-order valence-electron chi connectivity index (χ3n) is 0.357. The Labute approximate surface area is 119 Å². The molecular formula is C3H12Ca2O4. The fourth-order valence-corrected chi connectivity index (χ4v) is 0. The quantitative estimate of drug-likeness (QED) is 0.486. The van der Waals surface area contributed by atoms with Crippen molar-refractivity contribution in [3.05, 3.63) is 0 Å². The van der Waals surface area contributed by atoms with Gasteiger partial charge in [-0.15, -0.1) is 0 Å². The summed E-state index contributed by atoms with van der Waals surface area (Å²) >= 11 is 0. The second kappa shape index (κ2) is 12.6. The molecule has 52 valence electrons. The zero-order valence-corrected chi connectivity index (χ0v) is 9.71. The van der Waals surface area contributed by atoms with Crippen molar-refractivity contribution in [2.45, 2.75) is 13.0 Å². The first kappa shape index (κ1) is 22.4. The van der Waals surface area contributed by atoms with Crippen LogP contribution < -0.4 is 0 Å². The second-order valence-electron chi connectivity index (χ2n) is 1.01. The molecule has 4 N–H and O–H groups in total. The summed E-state index contributed by atoms with van der Waals surface area (Å²) in [6.45, 7) is 1.20. The summed E-state index contributed by atoms with van der Waals surface area (Å²) in [5.74, 6) is -1.19. The number of carboxylic acid groups (broad SMARTS) is 1. The molecule has 0 aromatic heterocycles. The normalized spacial score (nSPS) is 9.11. The van der Waals surface area contributed by atoms with Gasteiger partial charge in [-0.25, -0.2) is 4.79 Å². The van der Waals surface area contributed by atoms with Crippen molar-refractivity contribution in [2.75, 3.05) is 0 Å². The Morgan fingerprint density at radius 3 is 1.67 bits per heavy atom. The van der Waals surface area contributed by atoms with Crippen molar-refractivity contribution in [1.29, 1.82) is 0 Å². The van der Waals surface area contributed by atoms with Gasteiger partial charge in [-0.1, -0.05) is 0 Å². The maximum Gasteiger partial charge on any atom is 2.00 e. The van der Waals surface area contributed by atoms with Gasteiger partial charge in [0, 0.05) is 0 Å². The Morgan fingerprint density at radius 1 is 1.56 bits per heavy atom. The van der Waals surface area contributed by atoms with Crippen LogP contribution in [-0.4, -0.2) is 103 Å². The number of aliphatic hydroxyl groups excluding tert-OH is 1. The summed E-state index contributed by atoms with van der Waals surface area (Å²) in [7, 11) is 0. The monoisotopic (exact) mass is 192 g/mol. The van der Waals surface area contributed by atoms with Crippen LogP contribution in [0.3, 0.4) is 0 Å². The van der Waals surface area contributed by atoms with Crippen molar-refractivity contribution in [2.24, 2.45) is 0 Å². The molecule has 0 amide bonds. The molecule has 6 heteroatoms. The molecule has 1 unspecified atom stereocenters. The third kappa shape index (κ3) is 17.8. The van der Waals surface area contributed by atoms with Crippen LogP contribution in [0.25, 0.3) is 0 Å². The van der Waals surface area contributed by atoms with Crippen LogP contribution in [0.15, 0.2) is 0 Å². The molecule has 0 aromatic rings. The topological polar surface area (TPSA) is 89.0 Å². The van der Waals surface area contributed by atoms with Crippen LogP contribution in [0.5, 0.6) is 0 Å². The Balaban J connectivity index is -0.00000000595. The molecule has 1 atom stereocenters. The first-order valence-corrected chi connectivity index (χ1v) is 1.55. The molecule has 0 bridgehead atoms. The molecule has 0 heterocycles. The van der Waals surface area contributed by atoms with E-state index in [1.807, 2.05) is 0 Å². The van der Waals surface area contributed by atoms with Gasteiger partial charge >= 0.3 is 81.4 Å². The van der Waals surface area contributed by atoms with Gasteiger partial charge in [-0.05, 0) is 6.92 Å². The van der Waals surface area contributed by atoms with E-state index in [1.54, 1.807) is 0 Å². The van der Waals surface area contributed by atoms with E-state index < -0.39 is 12.1 Å². The zero-order chi connectivity index (χ0) is 5.15. The molecule has 4 nitrogen and oxygen atoms in total. The summed E-state index contributed by atoms with van der Waals surface area (Å²) in [4.78, 5) is 9.45. The summed E-state index contributed by atoms with van der Waals surface area (Å²) < 4.78 is 0. The van der Waals surface area contributed by atoms with Crippen molar-refractivity contribution in [1.82, 2.24) is 0 Å². The van der Waals surface area contributed by atoms with Gasteiger partial charge in [-0.2, -0.15) is 0 Å². The molecule has 0 aliphatic rings. The van der Waals surface area contributed by atoms with Gasteiger partial charge < -0.3 is 21.4 Å². The Kier molecular flexibility index (Phi) is 31.3. The van der Waals surface area contributed by atoms with Crippen LogP contribution >= 0.6 is 0 Å². The number of aliphatic carboxylic acids is 1. The van der Waals surface area contributed by atoms with E-state index in [0.29, 0.717) is 0 Å². The Hall–Kier alpha value is 1.91. The number of aliphatic hydroxyl groups is 1. The predicted molar refractivity (Wildman–Crippen MR) is 38.9 cm³/mol. The Bertz CT molecular complexity index is 76.4. The molecule has 0 aliphatic carbocycles. The summed E-state index contributed by atoms with van der Waals surface area (Å²) in [5, 5.41) is 15.8. The average molecular weight is 192 g/mol. The predicted octanol–water partition coefficient (Wildman–Crippen LogP) is -1.68. The first-order chi connectivity index (χ1) is 2.64. The second-order valence-corrected chi connectivity index (χ2v) is 1.01. The molecule has 0 aliphatic heterocycles. The van der Waals surface area contributed by atoms with Gasteiger partial charge in [0.15, 0.2) is 0 Å². The van der Waals surface area contributed by atoms with Gasteiger partial charge in [0.25, 0.3) is 0 Å². The fraction of sp³-hybridized carbons (Fsp3) is 0.667. The van der Waals surface area contributed by atoms with Crippen molar-refractivity contribution >= 4 is 81.4 Å². The zero-order valence-electron chi connectivity index (χ0n) is 9.29. The van der Waals surface area contributed by atoms with Crippen molar-refractivity contribution in [3.63, 3.8) is 0 Å². The van der Waals surface area contributed by atoms with Crippen molar-refractivity contribution in [3.8, 4) is 0 Å². The minimum atomic E-state index is -1.23. The Morgan fingerprint density at radius 2 is 1.67 bits per heavy atom. The molecule has 0 fully saturated rings. The van der Waals surface area contributed by atoms with Gasteiger partial charge in [0.2, 0.25) is 0 Å². The minimum Gasteiger partial charge on any atom is -1.00 e. The number of hydrogen-bond donors (Lipinski definition) is 2. The molecule has 0 aromatic carbocycles. The van der Waals surface area contributed by atoms with E-state index in [-0.39, 0.29) is 86.7 Å². The molecule has 0 spiro atoms. The number of rotatable bonds is 1. The van der Waals surface area contributed by atoms with Gasteiger partial charge in [0.1, 0.15) is 6.10 Å². The first-order valence-electron chi connectivity index (χ1n) is 1.55. The molecule has 0 saturated carbocycles. The van der Waals surface area contributed by atoms with Gasteiger partial charge in [0.05, 0.1) is 0 Å². The van der Waals surface area contributed by atoms with E-state index in [0.717, 1.165) is 0 Å². The largest absolute Gasteiger partial charge is 2.00 e. The van der Waals surface area contributed by atoms with Crippen LogP contribution in [-0.2, 0) is 4.79 Å². The molecule has 0 rings (SSSR count). The van der Waals surface area contributed by atoms with E-state index in [1.165, 1.54) is 6.92 Å². The molecule has 0 radical (unpaired) electrons. The van der Waals surface area contributed by atoms with E-state index in [9.17, 15) is 4.79 Å². The minimum absolute atomic E-state index is 0. The number of carbonyl (C=O) groups is 1. The summed E-state index contributed by atoms with van der Waals surface area (Å²) in [6, 6.07) is 0. The summed E-state index contributed by atoms with van der Waals surface area (Å²) in [6.07, 6.45) is -1.23. The van der Waals surface area contributed by atoms with E-state index in [4.69, 9.17) is 10.2 Å². The number of hydrogen-bond acceptors (Lipinski definition) is 2. The van der Waals surface area contributed by atoms with Crippen molar-refractivity contribution < 1.29 is 26.2 Å². The smallest absolute Gasteiger partial charge is 1.00 e. The van der Waals surface area contributed by atoms with Crippen LogP contribution in [0.4, 0.5) is 0 Å². The van der Waals surface area contributed by atoms with E-state index in [2.05, 4.69) is 0 Å². The van der Waals surface area contributed by atoms with Gasteiger partial charge in [-0.3, -0.25) is 0 Å². The molecule has 0 saturated heterocycles. The molecular weight excluding hydrogens is 180 g/mol. The maximum absolute atomic E-state index is 9.45. The van der Waals surface area contributed by atoms with Crippen LogP contribution in [0.1, 0.15) is 12.6 Å². The van der Waals surface area contributed by atoms with Crippen LogP contribution in [0, 0.1) is 0 Å². The average Bonchev–Trinajstić information content (AvgIpc) is 1.36. The van der Waals surface area contributed by atoms with E-state index >= 15 is 0 Å². The fourth-order valence-electron chi connectivity index (χ4n) is 0. The summed E-state index contributed by atoms with van der Waals surface area (Å²) in [5.41, 5.74) is 0. The number of carboxylic acids is 1.